The molecule has 1 aromatic heterocycles. The number of nitrogens with one attached hydrogen (secondary N) is 1. The summed E-state index contributed by atoms with van der Waals surface area (Å²) in [5.41, 5.74) is 0. The van der Waals surface area contributed by atoms with E-state index in [-0.39, 0.29) is 5.95 Å². The van der Waals surface area contributed by atoms with Gasteiger partial charge in [-0.05, 0) is 6.07 Å². The molecular weight excluding hydrogens is 273 g/mol. The van der Waals surface area contributed by atoms with Crippen molar-refractivity contribution in [2.45, 2.75) is 5.78 Å². The van der Waals surface area contributed by atoms with E-state index in [2.05, 4.69) is 15.3 Å². The Bertz CT molecular complexity index is 514. The van der Waals surface area contributed by atoms with Crippen molar-refractivity contribution in [2.24, 2.45) is 0 Å². The highest BCUT2D eigenvalue weighted by atomic mass is 32.2. The lowest BCUT2D eigenvalue weighted by Crippen LogP contribution is -2.29. The largest absolute Gasteiger partial charge is 0.348 e. The first kappa shape index (κ1) is 14.0. The smallest absolute Gasteiger partial charge is 0.339 e. The van der Waals surface area contributed by atoms with Gasteiger partial charge in [0.15, 0.2) is 0 Å². The molecule has 0 aromatic carbocycles. The quantitative estimate of drug-likeness (QED) is 0.405. The molecular formula is C6H10N3O6PS. The molecule has 0 radical (unpaired) electrons. The second-order valence-corrected chi connectivity index (χ2v) is 6.37. The second kappa shape index (κ2) is 5.07. The van der Waals surface area contributed by atoms with Crippen LogP contribution in [0, 0.1) is 0 Å². The Hall–Kier alpha value is -1.06. The highest BCUT2D eigenvalue weighted by Gasteiger charge is 2.33. The van der Waals surface area contributed by atoms with Gasteiger partial charge < -0.3 is 15.1 Å². The van der Waals surface area contributed by atoms with Gasteiger partial charge in [-0.1, -0.05) is 0 Å². The molecule has 17 heavy (non-hydrogen) atoms. The van der Waals surface area contributed by atoms with Crippen LogP contribution in [0.1, 0.15) is 0 Å². The number of rotatable bonds is 5. The molecule has 1 rings (SSSR count). The van der Waals surface area contributed by atoms with Crippen molar-refractivity contribution in [3.8, 4) is 0 Å². The highest BCUT2D eigenvalue weighted by Crippen LogP contribution is 2.41. The van der Waals surface area contributed by atoms with E-state index >= 15 is 0 Å². The van der Waals surface area contributed by atoms with Crippen LogP contribution in [-0.2, 0) is 14.7 Å². The zero-order chi connectivity index (χ0) is 13.1. The van der Waals surface area contributed by atoms with Gasteiger partial charge in [-0.3, -0.25) is 9.12 Å². The van der Waals surface area contributed by atoms with Crippen molar-refractivity contribution < 1.29 is 27.3 Å². The Morgan fingerprint density at radius 2 is 1.88 bits per heavy atom. The topological polar surface area (TPSA) is 150 Å². The summed E-state index contributed by atoms with van der Waals surface area (Å²) < 4.78 is 40.8. The third kappa shape index (κ3) is 5.20. The van der Waals surface area contributed by atoms with Crippen LogP contribution in [0.2, 0.25) is 0 Å². The lowest BCUT2D eigenvalue weighted by molar-refractivity contribution is 0.363. The molecule has 0 spiro atoms. The van der Waals surface area contributed by atoms with Crippen molar-refractivity contribution in [3.63, 3.8) is 0 Å². The van der Waals surface area contributed by atoms with Gasteiger partial charge in [-0.25, -0.2) is 9.97 Å². The third-order valence-electron chi connectivity index (χ3n) is 1.64. The monoisotopic (exact) mass is 283 g/mol. The standard InChI is InChI=1S/C6H10N3O6PS/c10-16(11,12)5(4-17(13,14)15)9-6-7-2-1-3-8-6/h1-3,5H,4H2,(H,7,8,9)(H2,10,11,12)(H,13,14,15). The van der Waals surface area contributed by atoms with E-state index in [1.54, 1.807) is 0 Å². The summed E-state index contributed by atoms with van der Waals surface area (Å²) >= 11 is 0. The van der Waals surface area contributed by atoms with Crippen LogP contribution in [0.5, 0.6) is 0 Å². The Kier molecular flexibility index (Phi) is 4.17. The minimum absolute atomic E-state index is 0.149. The van der Waals surface area contributed by atoms with Gasteiger partial charge in [0.25, 0.3) is 10.1 Å². The van der Waals surface area contributed by atoms with Crippen LogP contribution in [0.4, 0.5) is 5.95 Å². The molecule has 1 heterocycles. The molecule has 4 N–H and O–H groups in total. The lowest BCUT2D eigenvalue weighted by Gasteiger charge is -2.18. The van der Waals surface area contributed by atoms with Crippen LogP contribution in [0.25, 0.3) is 0 Å². The molecule has 9 nitrogen and oxygen atoms in total. The molecule has 0 aliphatic rings. The van der Waals surface area contributed by atoms with E-state index < -0.39 is 29.2 Å². The Balaban J connectivity index is 2.90. The predicted octanol–water partition coefficient (Wildman–Crippen LogP) is -0.720. The Labute approximate surface area is 96.8 Å². The SMILES string of the molecule is O=P(O)(O)C(CS(=O)(=O)O)Nc1ncccn1. The van der Waals surface area contributed by atoms with Crippen LogP contribution in [0.15, 0.2) is 18.5 Å². The molecule has 96 valence electrons. The van der Waals surface area contributed by atoms with Crippen molar-refractivity contribution in [2.75, 3.05) is 11.1 Å². The van der Waals surface area contributed by atoms with Gasteiger partial charge in [-0.15, -0.1) is 0 Å². The zero-order valence-corrected chi connectivity index (χ0v) is 10.0. The molecule has 1 atom stereocenters. The predicted molar refractivity (Wildman–Crippen MR) is 57.9 cm³/mol. The molecule has 0 saturated heterocycles. The van der Waals surface area contributed by atoms with Crippen LogP contribution >= 0.6 is 7.60 Å². The van der Waals surface area contributed by atoms with E-state index in [0.717, 1.165) is 0 Å². The molecule has 1 aromatic rings. The maximum absolute atomic E-state index is 11.0. The maximum Gasteiger partial charge on any atom is 0.348 e. The zero-order valence-electron chi connectivity index (χ0n) is 8.33. The number of hydrogen-bond donors (Lipinski definition) is 4. The maximum atomic E-state index is 11.0. The summed E-state index contributed by atoms with van der Waals surface area (Å²) in [7, 11) is -9.30. The van der Waals surface area contributed by atoms with Gasteiger partial charge in [-0.2, -0.15) is 8.42 Å². The van der Waals surface area contributed by atoms with E-state index in [1.807, 2.05) is 0 Å². The van der Waals surface area contributed by atoms with Gasteiger partial charge in [0.05, 0.1) is 0 Å². The fraction of sp³-hybridized carbons (Fsp3) is 0.333. The van der Waals surface area contributed by atoms with E-state index in [4.69, 9.17) is 14.3 Å². The molecule has 11 heteroatoms. The van der Waals surface area contributed by atoms with Crippen molar-refractivity contribution in [1.29, 1.82) is 0 Å². The number of anilines is 1. The number of hydrogen-bond acceptors (Lipinski definition) is 6. The molecule has 0 saturated carbocycles. The molecule has 0 aliphatic carbocycles. The first-order valence-electron chi connectivity index (χ1n) is 4.22. The van der Waals surface area contributed by atoms with Gasteiger partial charge in [0.2, 0.25) is 5.95 Å². The fourth-order valence-corrected chi connectivity index (χ4v) is 3.05. The van der Waals surface area contributed by atoms with Crippen LogP contribution < -0.4 is 5.32 Å². The average Bonchev–Trinajstić information content (AvgIpc) is 2.15. The van der Waals surface area contributed by atoms with E-state index in [0.29, 0.717) is 0 Å². The van der Waals surface area contributed by atoms with Crippen LogP contribution in [-0.4, -0.2) is 44.3 Å². The second-order valence-electron chi connectivity index (χ2n) is 3.07. The minimum Gasteiger partial charge on any atom is -0.339 e. The normalized spacial score (nSPS) is 14.3. The van der Waals surface area contributed by atoms with Crippen LogP contribution in [0.3, 0.4) is 0 Å². The van der Waals surface area contributed by atoms with Crippen molar-refractivity contribution in [3.05, 3.63) is 18.5 Å². The highest BCUT2D eigenvalue weighted by molar-refractivity contribution is 7.86. The van der Waals surface area contributed by atoms with Crippen molar-refractivity contribution in [1.82, 2.24) is 9.97 Å². The fourth-order valence-electron chi connectivity index (χ4n) is 0.945. The third-order valence-corrected chi connectivity index (χ3v) is 3.76. The van der Waals surface area contributed by atoms with E-state index in [9.17, 15) is 13.0 Å². The number of aromatic nitrogens is 2. The first-order chi connectivity index (χ1) is 7.68. The van der Waals surface area contributed by atoms with Gasteiger partial charge >= 0.3 is 7.60 Å². The number of nitrogens with zero attached hydrogens (tertiary/aromatic N) is 2. The van der Waals surface area contributed by atoms with Gasteiger partial charge in [0.1, 0.15) is 11.5 Å². The summed E-state index contributed by atoms with van der Waals surface area (Å²) in [6, 6.07) is 1.47. The average molecular weight is 283 g/mol. The molecule has 0 bridgehead atoms. The van der Waals surface area contributed by atoms with Gasteiger partial charge in [0, 0.05) is 12.4 Å². The summed E-state index contributed by atoms with van der Waals surface area (Å²) in [6.07, 6.45) is 2.61. The Morgan fingerprint density at radius 3 is 2.29 bits per heavy atom. The molecule has 1 unspecified atom stereocenters. The summed E-state index contributed by atoms with van der Waals surface area (Å²) in [5, 5.41) is 2.15. The molecule has 0 amide bonds. The summed E-state index contributed by atoms with van der Waals surface area (Å²) in [5.74, 6) is -3.10. The molecule has 0 fully saturated rings. The van der Waals surface area contributed by atoms with E-state index in [1.165, 1.54) is 18.5 Å². The minimum atomic E-state index is -4.77. The molecule has 0 aliphatic heterocycles. The summed E-state index contributed by atoms with van der Waals surface area (Å²) in [6.45, 7) is 0. The summed E-state index contributed by atoms with van der Waals surface area (Å²) in [4.78, 5) is 25.1. The first-order valence-corrected chi connectivity index (χ1v) is 7.51. The Morgan fingerprint density at radius 1 is 1.35 bits per heavy atom. The lowest BCUT2D eigenvalue weighted by atomic mass is 10.6. The van der Waals surface area contributed by atoms with Crippen molar-refractivity contribution >= 4 is 23.7 Å².